The van der Waals surface area contributed by atoms with Gasteiger partial charge in [0.05, 0.1) is 5.75 Å². The van der Waals surface area contributed by atoms with Gasteiger partial charge in [-0.2, -0.15) is 0 Å². The molecular weight excluding hydrogens is 186 g/mol. The van der Waals surface area contributed by atoms with Gasteiger partial charge >= 0.3 is 0 Å². The first-order valence-electron chi connectivity index (χ1n) is 4.29. The minimum absolute atomic E-state index is 0.0829. The van der Waals surface area contributed by atoms with Crippen LogP contribution in [0.4, 0.5) is 0 Å². The van der Waals surface area contributed by atoms with E-state index in [4.69, 9.17) is 6.42 Å². The number of sulfonamides is 1. The second kappa shape index (κ2) is 3.32. The highest BCUT2D eigenvalue weighted by Crippen LogP contribution is 2.31. The van der Waals surface area contributed by atoms with Gasteiger partial charge in [0.2, 0.25) is 10.0 Å². The van der Waals surface area contributed by atoms with E-state index in [2.05, 4.69) is 19.8 Å². The van der Waals surface area contributed by atoms with Crippen molar-refractivity contribution in [3.8, 4) is 12.3 Å². The summed E-state index contributed by atoms with van der Waals surface area (Å²) in [7, 11) is -3.07. The highest BCUT2D eigenvalue weighted by molar-refractivity contribution is 7.89. The van der Waals surface area contributed by atoms with Crippen LogP contribution in [0.2, 0.25) is 0 Å². The summed E-state index contributed by atoms with van der Waals surface area (Å²) >= 11 is 0. The number of hydrogen-bond acceptors (Lipinski definition) is 2. The second-order valence-electron chi connectivity index (χ2n) is 4.20. The van der Waals surface area contributed by atoms with Crippen molar-refractivity contribution in [2.45, 2.75) is 20.3 Å². The van der Waals surface area contributed by atoms with Crippen LogP contribution < -0.4 is 0 Å². The van der Waals surface area contributed by atoms with E-state index in [9.17, 15) is 8.42 Å². The lowest BCUT2D eigenvalue weighted by atomic mass is 9.87. The van der Waals surface area contributed by atoms with Crippen LogP contribution in [0, 0.1) is 17.8 Å². The fourth-order valence-electron chi connectivity index (χ4n) is 1.42. The zero-order valence-electron chi connectivity index (χ0n) is 8.08. The van der Waals surface area contributed by atoms with Crippen LogP contribution in [-0.2, 0) is 10.0 Å². The molecule has 0 aliphatic carbocycles. The van der Waals surface area contributed by atoms with E-state index in [1.54, 1.807) is 0 Å². The first kappa shape index (κ1) is 10.6. The molecule has 1 heterocycles. The second-order valence-corrected chi connectivity index (χ2v) is 6.29. The predicted octanol–water partition coefficient (Wildman–Crippen LogP) is 0.681. The summed E-state index contributed by atoms with van der Waals surface area (Å²) in [4.78, 5) is 0. The van der Waals surface area contributed by atoms with E-state index in [0.717, 1.165) is 0 Å². The number of hydrogen-bond donors (Lipinski definition) is 0. The molecule has 13 heavy (non-hydrogen) atoms. The van der Waals surface area contributed by atoms with Crippen molar-refractivity contribution in [1.82, 2.24) is 4.31 Å². The lowest BCUT2D eigenvalue weighted by molar-refractivity contribution is 0.111. The third-order valence-corrected chi connectivity index (χ3v) is 3.87. The van der Waals surface area contributed by atoms with Crippen molar-refractivity contribution >= 4 is 10.0 Å². The summed E-state index contributed by atoms with van der Waals surface area (Å²) in [6.07, 6.45) is 5.32. The molecule has 0 unspecified atom stereocenters. The van der Waals surface area contributed by atoms with Crippen molar-refractivity contribution in [1.29, 1.82) is 0 Å². The lowest BCUT2D eigenvalue weighted by Gasteiger charge is -2.44. The summed E-state index contributed by atoms with van der Waals surface area (Å²) in [5.41, 5.74) is 0.142. The molecule has 1 aliphatic rings. The van der Waals surface area contributed by atoms with E-state index in [1.165, 1.54) is 4.31 Å². The lowest BCUT2D eigenvalue weighted by Crippen LogP contribution is -2.55. The maximum Gasteiger partial charge on any atom is 0.215 e. The minimum atomic E-state index is -3.07. The SMILES string of the molecule is C#CCCS(=O)(=O)N1CC(C)(C)C1. The van der Waals surface area contributed by atoms with E-state index in [-0.39, 0.29) is 11.2 Å². The van der Waals surface area contributed by atoms with E-state index in [0.29, 0.717) is 19.5 Å². The van der Waals surface area contributed by atoms with Gasteiger partial charge in [-0.25, -0.2) is 12.7 Å². The van der Waals surface area contributed by atoms with Gasteiger partial charge in [0.15, 0.2) is 0 Å². The molecule has 0 amide bonds. The zero-order valence-corrected chi connectivity index (χ0v) is 8.89. The molecule has 1 fully saturated rings. The summed E-state index contributed by atoms with van der Waals surface area (Å²) in [5, 5.41) is 0. The molecule has 0 atom stereocenters. The molecule has 0 bridgehead atoms. The number of rotatable bonds is 3. The summed E-state index contributed by atoms with van der Waals surface area (Å²) < 4.78 is 24.5. The minimum Gasteiger partial charge on any atom is -0.212 e. The maximum absolute atomic E-state index is 11.5. The fraction of sp³-hybridized carbons (Fsp3) is 0.778. The third-order valence-electron chi connectivity index (χ3n) is 2.11. The normalized spacial score (nSPS) is 21.9. The monoisotopic (exact) mass is 201 g/mol. The molecule has 0 aromatic heterocycles. The molecule has 1 aliphatic heterocycles. The molecule has 0 spiro atoms. The van der Waals surface area contributed by atoms with Crippen LogP contribution >= 0.6 is 0 Å². The van der Waals surface area contributed by atoms with Gasteiger partial charge in [-0.15, -0.1) is 12.3 Å². The molecule has 0 radical (unpaired) electrons. The first-order valence-corrected chi connectivity index (χ1v) is 5.90. The van der Waals surface area contributed by atoms with Gasteiger partial charge in [0.25, 0.3) is 0 Å². The molecule has 0 aromatic carbocycles. The Balaban J connectivity index is 2.51. The Kier molecular flexibility index (Phi) is 2.69. The summed E-state index contributed by atoms with van der Waals surface area (Å²) in [6, 6.07) is 0. The van der Waals surface area contributed by atoms with Gasteiger partial charge < -0.3 is 0 Å². The van der Waals surface area contributed by atoms with Gasteiger partial charge in [0.1, 0.15) is 0 Å². The molecule has 1 rings (SSSR count). The molecule has 0 aromatic rings. The topological polar surface area (TPSA) is 37.4 Å². The van der Waals surface area contributed by atoms with E-state index in [1.807, 2.05) is 0 Å². The van der Waals surface area contributed by atoms with E-state index < -0.39 is 10.0 Å². The Hall–Kier alpha value is -0.530. The van der Waals surface area contributed by atoms with Crippen molar-refractivity contribution < 1.29 is 8.42 Å². The average Bonchev–Trinajstić information content (AvgIpc) is 1.96. The summed E-state index contributed by atoms with van der Waals surface area (Å²) in [5.74, 6) is 2.42. The number of nitrogens with zero attached hydrogens (tertiary/aromatic N) is 1. The molecule has 74 valence electrons. The Morgan fingerprint density at radius 2 is 2.00 bits per heavy atom. The van der Waals surface area contributed by atoms with E-state index >= 15 is 0 Å². The third kappa shape index (κ3) is 2.45. The van der Waals surface area contributed by atoms with Crippen LogP contribution in [0.5, 0.6) is 0 Å². The van der Waals surface area contributed by atoms with Crippen molar-refractivity contribution in [3.05, 3.63) is 0 Å². The summed E-state index contributed by atoms with van der Waals surface area (Å²) in [6.45, 7) is 5.36. The Labute approximate surface area is 80.2 Å². The predicted molar refractivity (Wildman–Crippen MR) is 52.6 cm³/mol. The first-order chi connectivity index (χ1) is 5.87. The van der Waals surface area contributed by atoms with Gasteiger partial charge in [-0.3, -0.25) is 0 Å². The Morgan fingerprint density at radius 3 is 2.38 bits per heavy atom. The van der Waals surface area contributed by atoms with Gasteiger partial charge in [-0.1, -0.05) is 13.8 Å². The zero-order chi connectivity index (χ0) is 10.1. The van der Waals surface area contributed by atoms with Crippen molar-refractivity contribution in [3.63, 3.8) is 0 Å². The maximum atomic E-state index is 11.5. The Bertz CT molecular complexity index is 316. The van der Waals surface area contributed by atoms with Crippen LogP contribution in [0.3, 0.4) is 0 Å². The smallest absolute Gasteiger partial charge is 0.212 e. The van der Waals surface area contributed by atoms with Crippen molar-refractivity contribution in [2.75, 3.05) is 18.8 Å². The van der Waals surface area contributed by atoms with Crippen LogP contribution in [0.1, 0.15) is 20.3 Å². The standard InChI is InChI=1S/C9H15NO2S/c1-4-5-6-13(11,12)10-7-9(2,3)8-10/h1H,5-8H2,2-3H3. The highest BCUT2D eigenvalue weighted by atomic mass is 32.2. The van der Waals surface area contributed by atoms with Gasteiger partial charge in [-0.05, 0) is 5.41 Å². The Morgan fingerprint density at radius 1 is 1.46 bits per heavy atom. The fourth-order valence-corrected chi connectivity index (χ4v) is 3.15. The van der Waals surface area contributed by atoms with Crippen LogP contribution in [0.25, 0.3) is 0 Å². The molecule has 4 heteroatoms. The molecular formula is C9H15NO2S. The van der Waals surface area contributed by atoms with Gasteiger partial charge in [0, 0.05) is 19.5 Å². The quantitative estimate of drug-likeness (QED) is 0.630. The molecule has 3 nitrogen and oxygen atoms in total. The average molecular weight is 201 g/mol. The number of terminal acetylenes is 1. The van der Waals surface area contributed by atoms with Crippen LogP contribution in [-0.4, -0.2) is 31.6 Å². The largest absolute Gasteiger partial charge is 0.215 e. The molecule has 0 saturated carbocycles. The van der Waals surface area contributed by atoms with Crippen LogP contribution in [0.15, 0.2) is 0 Å². The molecule has 0 N–H and O–H groups in total. The molecule has 1 saturated heterocycles. The highest BCUT2D eigenvalue weighted by Gasteiger charge is 2.40. The van der Waals surface area contributed by atoms with Crippen molar-refractivity contribution in [2.24, 2.45) is 5.41 Å².